The van der Waals surface area contributed by atoms with Crippen molar-refractivity contribution in [3.63, 3.8) is 0 Å². The molecule has 56 heavy (non-hydrogen) atoms. The lowest BCUT2D eigenvalue weighted by atomic mass is 9.98. The van der Waals surface area contributed by atoms with Crippen molar-refractivity contribution in [1.82, 2.24) is 19.5 Å². The third-order valence-electron chi connectivity index (χ3n) is 11.7. The van der Waals surface area contributed by atoms with E-state index in [-0.39, 0.29) is 0 Å². The van der Waals surface area contributed by atoms with Gasteiger partial charge in [-0.15, -0.1) is 0 Å². The van der Waals surface area contributed by atoms with E-state index >= 15 is 0 Å². The van der Waals surface area contributed by atoms with Gasteiger partial charge in [-0.1, -0.05) is 109 Å². The maximum Gasteiger partial charge on any atom is 0.164 e. The predicted molar refractivity (Wildman–Crippen MR) is 229 cm³/mol. The molecular formula is C51H28N4O. The van der Waals surface area contributed by atoms with Crippen LogP contribution in [-0.2, 0) is 0 Å². The quantitative estimate of drug-likeness (QED) is 0.182. The van der Waals surface area contributed by atoms with E-state index < -0.39 is 0 Å². The molecule has 0 atom stereocenters. The summed E-state index contributed by atoms with van der Waals surface area (Å²) < 4.78 is 8.85. The fourth-order valence-electron chi connectivity index (χ4n) is 9.18. The zero-order chi connectivity index (χ0) is 36.5. The van der Waals surface area contributed by atoms with Crippen LogP contribution in [0.2, 0.25) is 0 Å². The van der Waals surface area contributed by atoms with Crippen molar-refractivity contribution >= 4 is 76.1 Å². The first kappa shape index (κ1) is 29.8. The van der Waals surface area contributed by atoms with Crippen LogP contribution in [0.1, 0.15) is 0 Å². The van der Waals surface area contributed by atoms with Gasteiger partial charge in [0, 0.05) is 49.3 Å². The normalized spacial score (nSPS) is 12.3. The molecule has 0 radical (unpaired) electrons. The molecule has 0 saturated heterocycles. The highest BCUT2D eigenvalue weighted by molar-refractivity contribution is 6.37. The highest BCUT2D eigenvalue weighted by Crippen LogP contribution is 2.50. The average Bonchev–Trinajstić information content (AvgIpc) is 3.78. The van der Waals surface area contributed by atoms with Crippen molar-refractivity contribution in [2.75, 3.05) is 0 Å². The largest absolute Gasteiger partial charge is 0.456 e. The van der Waals surface area contributed by atoms with Crippen LogP contribution in [0.5, 0.6) is 0 Å². The van der Waals surface area contributed by atoms with Gasteiger partial charge in [0.05, 0.1) is 11.0 Å². The molecule has 0 saturated carbocycles. The van der Waals surface area contributed by atoms with Crippen molar-refractivity contribution < 1.29 is 4.42 Å². The molecule has 9 aromatic carbocycles. The SMILES string of the molecule is c1ccc2cc(-c3nc(-c4ccc(-n5c6cccc7c6c6c8c(ccc9oc%10cccc-7c%10c98)ccc65)cc4)nc(-c4ccc5ccccc5c4)n3)ccc2c1. The van der Waals surface area contributed by atoms with E-state index in [4.69, 9.17) is 19.4 Å². The van der Waals surface area contributed by atoms with Gasteiger partial charge in [-0.25, -0.2) is 15.0 Å². The molecule has 0 fully saturated rings. The second-order valence-electron chi connectivity index (χ2n) is 14.8. The summed E-state index contributed by atoms with van der Waals surface area (Å²) in [5.41, 5.74) is 10.5. The molecule has 5 nitrogen and oxygen atoms in total. The fraction of sp³-hybridized carbons (Fsp3) is 0. The van der Waals surface area contributed by atoms with E-state index in [1.807, 2.05) is 0 Å². The van der Waals surface area contributed by atoms with Crippen molar-refractivity contribution in [3.8, 4) is 51.0 Å². The zero-order valence-corrected chi connectivity index (χ0v) is 29.9. The summed E-state index contributed by atoms with van der Waals surface area (Å²) >= 11 is 0. The summed E-state index contributed by atoms with van der Waals surface area (Å²) in [6.07, 6.45) is 0. The highest BCUT2D eigenvalue weighted by atomic mass is 16.3. The first-order valence-electron chi connectivity index (χ1n) is 18.9. The standard InChI is InChI=1S/C51H28N4O/c1-3-9-33-27-35(17-15-29(33)7-1)50-52-49(53-51(54-50)36-18-16-30-8-2-4-10-34(30)28-36)32-19-23-37(24-20-32)55-40-13-5-11-38-39-12-6-14-42-46(39)48-43(56-42)26-22-31-21-25-41(55)47(44(31)48)45(38)40/h1-28H. The van der Waals surface area contributed by atoms with Crippen LogP contribution in [0, 0.1) is 0 Å². The Bertz CT molecular complexity index is 3550. The van der Waals surface area contributed by atoms with Crippen LogP contribution in [0.15, 0.2) is 174 Å². The Morgan fingerprint density at radius 1 is 0.339 bits per heavy atom. The number of fused-ring (bicyclic) bond motifs is 3. The molecule has 0 spiro atoms. The monoisotopic (exact) mass is 712 g/mol. The Kier molecular flexibility index (Phi) is 5.83. The Morgan fingerprint density at radius 3 is 1.57 bits per heavy atom. The minimum absolute atomic E-state index is 0.630. The Balaban J connectivity index is 1.01. The van der Waals surface area contributed by atoms with Gasteiger partial charge in [-0.2, -0.15) is 0 Å². The lowest BCUT2D eigenvalue weighted by Crippen LogP contribution is -2.01. The third-order valence-corrected chi connectivity index (χ3v) is 11.7. The molecule has 1 aliphatic carbocycles. The number of hydrogen-bond acceptors (Lipinski definition) is 4. The lowest BCUT2D eigenvalue weighted by molar-refractivity contribution is 0.669. The van der Waals surface area contributed by atoms with E-state index in [0.29, 0.717) is 17.5 Å². The Morgan fingerprint density at radius 2 is 0.875 bits per heavy atom. The summed E-state index contributed by atoms with van der Waals surface area (Å²) in [5.74, 6) is 1.92. The van der Waals surface area contributed by atoms with Gasteiger partial charge in [-0.3, -0.25) is 0 Å². The minimum atomic E-state index is 0.630. The average molecular weight is 713 g/mol. The van der Waals surface area contributed by atoms with Gasteiger partial charge in [0.15, 0.2) is 17.5 Å². The molecule has 3 heterocycles. The van der Waals surface area contributed by atoms with Crippen LogP contribution in [-0.4, -0.2) is 19.5 Å². The van der Waals surface area contributed by atoms with Crippen LogP contribution in [0.25, 0.3) is 127 Å². The number of benzene rings is 9. The van der Waals surface area contributed by atoms with Crippen molar-refractivity contribution in [2.45, 2.75) is 0 Å². The minimum Gasteiger partial charge on any atom is -0.456 e. The van der Waals surface area contributed by atoms with Gasteiger partial charge in [0.1, 0.15) is 11.2 Å². The van der Waals surface area contributed by atoms with Crippen molar-refractivity contribution in [3.05, 3.63) is 170 Å². The molecule has 0 bridgehead atoms. The topological polar surface area (TPSA) is 56.7 Å². The molecule has 258 valence electrons. The second-order valence-corrected chi connectivity index (χ2v) is 14.8. The van der Waals surface area contributed by atoms with E-state index in [1.54, 1.807) is 0 Å². The Labute approximate surface area is 319 Å². The van der Waals surface area contributed by atoms with Gasteiger partial charge >= 0.3 is 0 Å². The highest BCUT2D eigenvalue weighted by Gasteiger charge is 2.26. The molecule has 13 rings (SSSR count). The predicted octanol–water partition coefficient (Wildman–Crippen LogP) is 13.3. The van der Waals surface area contributed by atoms with Crippen molar-refractivity contribution in [2.24, 2.45) is 0 Å². The summed E-state index contributed by atoms with van der Waals surface area (Å²) in [6.45, 7) is 0. The molecule has 12 aromatic rings. The van der Waals surface area contributed by atoms with Gasteiger partial charge in [-0.05, 0) is 98.7 Å². The second kappa shape index (κ2) is 11.0. The number of rotatable bonds is 4. The van der Waals surface area contributed by atoms with E-state index in [1.165, 1.54) is 65.3 Å². The van der Waals surface area contributed by atoms with Crippen LogP contribution in [0.4, 0.5) is 0 Å². The lowest BCUT2D eigenvalue weighted by Gasteiger charge is -2.12. The zero-order valence-electron chi connectivity index (χ0n) is 29.9. The molecular weight excluding hydrogens is 685 g/mol. The van der Waals surface area contributed by atoms with E-state index in [2.05, 4.69) is 174 Å². The number of aromatic nitrogens is 4. The molecule has 1 aliphatic rings. The molecule has 0 amide bonds. The summed E-state index contributed by atoms with van der Waals surface area (Å²) in [7, 11) is 0. The number of nitrogens with zero attached hydrogens (tertiary/aromatic N) is 4. The smallest absolute Gasteiger partial charge is 0.164 e. The molecule has 0 N–H and O–H groups in total. The van der Waals surface area contributed by atoms with Crippen LogP contribution >= 0.6 is 0 Å². The molecule has 3 aromatic heterocycles. The first-order valence-corrected chi connectivity index (χ1v) is 18.9. The van der Waals surface area contributed by atoms with E-state index in [9.17, 15) is 0 Å². The molecule has 0 unspecified atom stereocenters. The maximum atomic E-state index is 6.45. The van der Waals surface area contributed by atoms with Crippen molar-refractivity contribution in [1.29, 1.82) is 0 Å². The summed E-state index contributed by atoms with van der Waals surface area (Å²) in [5, 5.41) is 12.0. The van der Waals surface area contributed by atoms with Gasteiger partial charge in [0.25, 0.3) is 0 Å². The molecule has 5 heteroatoms. The Hall–Kier alpha value is -7.63. The third kappa shape index (κ3) is 4.11. The van der Waals surface area contributed by atoms with Crippen LogP contribution < -0.4 is 0 Å². The molecule has 0 aliphatic heterocycles. The number of hydrogen-bond donors (Lipinski definition) is 0. The summed E-state index contributed by atoms with van der Waals surface area (Å²) in [4.78, 5) is 15.3. The van der Waals surface area contributed by atoms with Gasteiger partial charge < -0.3 is 8.98 Å². The van der Waals surface area contributed by atoms with Crippen LogP contribution in [0.3, 0.4) is 0 Å². The summed E-state index contributed by atoms with van der Waals surface area (Å²) in [6, 6.07) is 60.2. The maximum absolute atomic E-state index is 6.45. The fourth-order valence-corrected chi connectivity index (χ4v) is 9.18. The van der Waals surface area contributed by atoms with E-state index in [0.717, 1.165) is 44.3 Å². The van der Waals surface area contributed by atoms with Gasteiger partial charge in [0.2, 0.25) is 0 Å². The first-order chi connectivity index (χ1) is 27.7. The number of furan rings is 1.